The van der Waals surface area contributed by atoms with Crippen molar-refractivity contribution in [2.75, 3.05) is 5.32 Å². The fraction of sp³-hybridized carbons (Fsp3) is 0.133. The normalized spacial score (nSPS) is 9.90. The number of benzene rings is 1. The molecule has 6 heteroatoms. The molecule has 2 rings (SSSR count). The molecule has 0 spiro atoms. The van der Waals surface area contributed by atoms with Gasteiger partial charge in [-0.25, -0.2) is 4.79 Å². The minimum atomic E-state index is -0.697. The number of urea groups is 1. The van der Waals surface area contributed by atoms with E-state index in [9.17, 15) is 9.59 Å². The molecule has 0 aliphatic rings. The van der Waals surface area contributed by atoms with Crippen LogP contribution in [0.5, 0.6) is 0 Å². The van der Waals surface area contributed by atoms with Crippen molar-refractivity contribution in [3.8, 4) is 6.07 Å². The Kier molecular flexibility index (Phi) is 4.36. The number of thiophene rings is 1. The van der Waals surface area contributed by atoms with Gasteiger partial charge in [0.05, 0.1) is 17.2 Å². The number of nitrogens with one attached hydrogen (secondary N) is 1. The summed E-state index contributed by atoms with van der Waals surface area (Å²) in [4.78, 5) is 23.5. The molecule has 0 saturated heterocycles. The number of Topliss-reactive ketones (excluding diaryl/α,β-unsaturated/α-hetero) is 1. The number of hydrogen-bond acceptors (Lipinski definition) is 4. The molecule has 21 heavy (non-hydrogen) atoms. The number of amides is 2. The fourth-order valence-corrected chi connectivity index (χ4v) is 3.09. The molecule has 2 amide bonds. The molecule has 0 radical (unpaired) electrons. The second-order valence-corrected chi connectivity index (χ2v) is 5.63. The van der Waals surface area contributed by atoms with Crippen LogP contribution in [0.1, 0.15) is 33.3 Å². The van der Waals surface area contributed by atoms with E-state index in [0.717, 1.165) is 10.4 Å². The third-order valence-electron chi connectivity index (χ3n) is 2.83. The van der Waals surface area contributed by atoms with Crippen LogP contribution in [0, 0.1) is 11.3 Å². The zero-order valence-corrected chi connectivity index (χ0v) is 12.2. The first-order valence-electron chi connectivity index (χ1n) is 6.18. The number of nitriles is 1. The molecule has 1 aromatic heterocycles. The average Bonchev–Trinajstić information content (AvgIpc) is 2.81. The Morgan fingerprint density at radius 3 is 2.76 bits per heavy atom. The highest BCUT2D eigenvalue weighted by atomic mass is 32.1. The molecular weight excluding hydrogens is 286 g/mol. The van der Waals surface area contributed by atoms with Crippen LogP contribution < -0.4 is 11.1 Å². The number of nitrogens with zero attached hydrogens (tertiary/aromatic N) is 1. The SMILES string of the molecule is CC(=O)c1cc(Cc2cccc(C#N)c2)sc1NC(N)=O. The number of carbonyl (C=O) groups excluding carboxylic acids is 2. The van der Waals surface area contributed by atoms with Gasteiger partial charge in [0.15, 0.2) is 5.78 Å². The topological polar surface area (TPSA) is 96.0 Å². The van der Waals surface area contributed by atoms with E-state index >= 15 is 0 Å². The predicted molar refractivity (Wildman–Crippen MR) is 81.5 cm³/mol. The monoisotopic (exact) mass is 299 g/mol. The van der Waals surface area contributed by atoms with Gasteiger partial charge < -0.3 is 5.73 Å². The van der Waals surface area contributed by atoms with Gasteiger partial charge in [0, 0.05) is 11.3 Å². The van der Waals surface area contributed by atoms with E-state index in [-0.39, 0.29) is 5.78 Å². The first-order valence-corrected chi connectivity index (χ1v) is 7.00. The largest absolute Gasteiger partial charge is 0.351 e. The van der Waals surface area contributed by atoms with Crippen LogP contribution in [0.4, 0.5) is 9.80 Å². The molecule has 1 heterocycles. The zero-order valence-electron chi connectivity index (χ0n) is 11.3. The molecule has 1 aromatic carbocycles. The van der Waals surface area contributed by atoms with Crippen molar-refractivity contribution < 1.29 is 9.59 Å². The van der Waals surface area contributed by atoms with Crippen molar-refractivity contribution in [2.24, 2.45) is 5.73 Å². The Hall–Kier alpha value is -2.65. The summed E-state index contributed by atoms with van der Waals surface area (Å²) < 4.78 is 0. The van der Waals surface area contributed by atoms with Gasteiger partial charge in [0.1, 0.15) is 5.00 Å². The van der Waals surface area contributed by atoms with E-state index < -0.39 is 6.03 Å². The van der Waals surface area contributed by atoms with Crippen molar-refractivity contribution in [1.29, 1.82) is 5.26 Å². The molecule has 2 aromatic rings. The van der Waals surface area contributed by atoms with Crippen LogP contribution in [0.2, 0.25) is 0 Å². The van der Waals surface area contributed by atoms with E-state index in [4.69, 9.17) is 11.0 Å². The minimum absolute atomic E-state index is 0.132. The Bertz CT molecular complexity index is 744. The minimum Gasteiger partial charge on any atom is -0.351 e. The average molecular weight is 299 g/mol. The van der Waals surface area contributed by atoms with Crippen molar-refractivity contribution in [3.63, 3.8) is 0 Å². The number of anilines is 1. The van der Waals surface area contributed by atoms with Crippen LogP contribution in [0.25, 0.3) is 0 Å². The van der Waals surface area contributed by atoms with Crippen molar-refractivity contribution in [2.45, 2.75) is 13.3 Å². The summed E-state index contributed by atoms with van der Waals surface area (Å²) in [5, 5.41) is 11.8. The summed E-state index contributed by atoms with van der Waals surface area (Å²) in [5.41, 5.74) is 7.11. The lowest BCUT2D eigenvalue weighted by molar-refractivity contribution is 0.101. The molecule has 0 atom stereocenters. The van der Waals surface area contributed by atoms with Crippen molar-refractivity contribution >= 4 is 28.2 Å². The predicted octanol–water partition coefficient (Wildman–Crippen LogP) is 2.90. The Morgan fingerprint density at radius 1 is 1.38 bits per heavy atom. The number of hydrogen-bond donors (Lipinski definition) is 2. The summed E-state index contributed by atoms with van der Waals surface area (Å²) >= 11 is 1.31. The number of rotatable bonds is 4. The van der Waals surface area contributed by atoms with Gasteiger partial charge in [-0.15, -0.1) is 11.3 Å². The highest BCUT2D eigenvalue weighted by Gasteiger charge is 2.14. The Labute approximate surface area is 126 Å². The molecule has 0 unspecified atom stereocenters. The van der Waals surface area contributed by atoms with Crippen LogP contribution in [0.3, 0.4) is 0 Å². The van der Waals surface area contributed by atoms with Gasteiger partial charge in [-0.3, -0.25) is 10.1 Å². The maximum Gasteiger partial charge on any atom is 0.317 e. The highest BCUT2D eigenvalue weighted by Crippen LogP contribution is 2.30. The van der Waals surface area contributed by atoms with Crippen LogP contribution >= 0.6 is 11.3 Å². The molecule has 3 N–H and O–H groups in total. The van der Waals surface area contributed by atoms with Crippen LogP contribution in [-0.4, -0.2) is 11.8 Å². The molecule has 0 bridgehead atoms. The van der Waals surface area contributed by atoms with Crippen molar-refractivity contribution in [1.82, 2.24) is 0 Å². The molecule has 0 aliphatic heterocycles. The third-order valence-corrected chi connectivity index (χ3v) is 3.88. The quantitative estimate of drug-likeness (QED) is 0.849. The Morgan fingerprint density at radius 2 is 2.14 bits per heavy atom. The smallest absolute Gasteiger partial charge is 0.317 e. The summed E-state index contributed by atoms with van der Waals surface area (Å²) in [7, 11) is 0. The number of ketones is 1. The van der Waals surface area contributed by atoms with E-state index in [1.165, 1.54) is 18.3 Å². The molecule has 5 nitrogen and oxygen atoms in total. The Balaban J connectivity index is 2.30. The van der Waals surface area contributed by atoms with Gasteiger partial charge in [-0.2, -0.15) is 5.26 Å². The van der Waals surface area contributed by atoms with E-state index in [2.05, 4.69) is 11.4 Å². The summed E-state index contributed by atoms with van der Waals surface area (Å²) in [6.45, 7) is 1.44. The second-order valence-electron chi connectivity index (χ2n) is 4.49. The van der Waals surface area contributed by atoms with Crippen molar-refractivity contribution in [3.05, 3.63) is 51.9 Å². The van der Waals surface area contributed by atoms with Crippen LogP contribution in [-0.2, 0) is 6.42 Å². The van der Waals surface area contributed by atoms with Gasteiger partial charge in [0.25, 0.3) is 0 Å². The first-order chi connectivity index (χ1) is 9.99. The number of carbonyl (C=O) groups is 2. The lowest BCUT2D eigenvalue weighted by atomic mass is 10.1. The van der Waals surface area contributed by atoms with E-state index in [0.29, 0.717) is 22.5 Å². The van der Waals surface area contributed by atoms with Crippen LogP contribution in [0.15, 0.2) is 30.3 Å². The van der Waals surface area contributed by atoms with Gasteiger partial charge in [0.2, 0.25) is 0 Å². The third kappa shape index (κ3) is 3.68. The van der Waals surface area contributed by atoms with E-state index in [1.54, 1.807) is 18.2 Å². The maximum absolute atomic E-state index is 11.6. The van der Waals surface area contributed by atoms with Gasteiger partial charge in [-0.05, 0) is 30.7 Å². The summed E-state index contributed by atoms with van der Waals surface area (Å²) in [6.07, 6.45) is 0.584. The summed E-state index contributed by atoms with van der Waals surface area (Å²) in [6, 6.07) is 10.4. The molecule has 0 saturated carbocycles. The van der Waals surface area contributed by atoms with Gasteiger partial charge >= 0.3 is 6.03 Å². The zero-order chi connectivity index (χ0) is 15.4. The molecule has 106 valence electrons. The standard InChI is InChI=1S/C15H13N3O2S/c1-9(19)13-7-12(21-14(13)18-15(17)20)6-10-3-2-4-11(5-10)8-16/h2-5,7H,6H2,1H3,(H3,17,18,20). The maximum atomic E-state index is 11.6. The summed E-state index contributed by atoms with van der Waals surface area (Å²) in [5.74, 6) is -0.132. The fourth-order valence-electron chi connectivity index (χ4n) is 1.95. The highest BCUT2D eigenvalue weighted by molar-refractivity contribution is 7.16. The van der Waals surface area contributed by atoms with E-state index in [1.807, 2.05) is 12.1 Å². The lowest BCUT2D eigenvalue weighted by Gasteiger charge is -1.99. The molecule has 0 aliphatic carbocycles. The number of primary amides is 1. The first kappa shape index (κ1) is 14.8. The van der Waals surface area contributed by atoms with Gasteiger partial charge in [-0.1, -0.05) is 12.1 Å². The molecular formula is C15H13N3O2S. The second kappa shape index (κ2) is 6.20. The molecule has 0 fully saturated rings. The number of nitrogens with two attached hydrogens (primary N) is 1. The lowest BCUT2D eigenvalue weighted by Crippen LogP contribution is -2.19.